The van der Waals surface area contributed by atoms with E-state index < -0.39 is 6.10 Å². The van der Waals surface area contributed by atoms with Crippen molar-refractivity contribution in [2.45, 2.75) is 12.0 Å². The largest absolute Gasteiger partial charge is 0.497 e. The quantitative estimate of drug-likeness (QED) is 0.360. The van der Waals surface area contributed by atoms with Gasteiger partial charge in [0.05, 0.1) is 13.2 Å². The summed E-state index contributed by atoms with van der Waals surface area (Å²) in [5, 5.41) is 11.6. The van der Waals surface area contributed by atoms with Crippen molar-refractivity contribution < 1.29 is 9.84 Å². The smallest absolute Gasteiger partial charge is 0.119 e. The maximum atomic E-state index is 11.6. The molecule has 0 heterocycles. The minimum atomic E-state index is -0.649. The first-order chi connectivity index (χ1) is 14.7. The Morgan fingerprint density at radius 3 is 1.93 bits per heavy atom. The lowest BCUT2D eigenvalue weighted by atomic mass is 9.72. The predicted molar refractivity (Wildman–Crippen MR) is 125 cm³/mol. The molecule has 0 radical (unpaired) electrons. The minimum Gasteiger partial charge on any atom is -0.497 e. The first-order valence-corrected chi connectivity index (χ1v) is 10.8. The zero-order chi connectivity index (χ0) is 20.7. The summed E-state index contributed by atoms with van der Waals surface area (Å²) in [6.07, 6.45) is -0.649. The molecule has 2 atom stereocenters. The van der Waals surface area contributed by atoms with Crippen LogP contribution in [0.2, 0.25) is 0 Å². The molecule has 0 saturated heterocycles. The highest BCUT2D eigenvalue weighted by atomic mass is 79.9. The lowest BCUT2D eigenvalue weighted by molar-refractivity contribution is 0.158. The summed E-state index contributed by atoms with van der Waals surface area (Å²) in [5.74, 6) is 0.594. The van der Waals surface area contributed by atoms with E-state index >= 15 is 0 Å². The van der Waals surface area contributed by atoms with Gasteiger partial charge < -0.3 is 9.84 Å². The number of aliphatic hydroxyl groups excluding tert-OH is 1. The number of halogens is 1. The average molecular weight is 457 g/mol. The van der Waals surface area contributed by atoms with Crippen molar-refractivity contribution in [3.8, 4) is 28.0 Å². The van der Waals surface area contributed by atoms with Gasteiger partial charge in [-0.15, -0.1) is 0 Å². The van der Waals surface area contributed by atoms with Gasteiger partial charge in [0.25, 0.3) is 0 Å². The molecule has 0 fully saturated rings. The summed E-state index contributed by atoms with van der Waals surface area (Å²) < 4.78 is 6.57. The van der Waals surface area contributed by atoms with E-state index in [0.717, 1.165) is 49.2 Å². The number of benzene rings is 4. The lowest BCUT2D eigenvalue weighted by Crippen LogP contribution is -2.19. The molecule has 148 valence electrons. The maximum absolute atomic E-state index is 11.6. The van der Waals surface area contributed by atoms with E-state index in [1.165, 1.54) is 0 Å². The van der Waals surface area contributed by atoms with Crippen molar-refractivity contribution in [1.29, 1.82) is 0 Å². The molecule has 0 saturated carbocycles. The van der Waals surface area contributed by atoms with Gasteiger partial charge in [-0.25, -0.2) is 0 Å². The van der Waals surface area contributed by atoms with Crippen LogP contribution in [0.25, 0.3) is 22.3 Å². The highest BCUT2D eigenvalue weighted by molar-refractivity contribution is 9.10. The molecule has 1 N–H and O–H groups in total. The summed E-state index contributed by atoms with van der Waals surface area (Å²) in [5.41, 5.74) is 7.59. The molecule has 30 heavy (non-hydrogen) atoms. The monoisotopic (exact) mass is 456 g/mol. The number of aliphatic hydroxyl groups is 1. The maximum Gasteiger partial charge on any atom is 0.119 e. The topological polar surface area (TPSA) is 29.5 Å². The third-order valence-electron chi connectivity index (χ3n) is 5.94. The van der Waals surface area contributed by atoms with Crippen LogP contribution in [0.1, 0.15) is 28.7 Å². The third-order valence-corrected chi connectivity index (χ3v) is 6.63. The fourth-order valence-electron chi connectivity index (χ4n) is 4.55. The van der Waals surface area contributed by atoms with Crippen LogP contribution in [0, 0.1) is 0 Å². The predicted octanol–water partition coefficient (Wildman–Crippen LogP) is 6.97. The van der Waals surface area contributed by atoms with Gasteiger partial charge in [0.2, 0.25) is 0 Å². The fourth-order valence-corrected chi connectivity index (χ4v) is 5.05. The number of hydrogen-bond acceptors (Lipinski definition) is 2. The zero-order valence-electron chi connectivity index (χ0n) is 16.5. The molecule has 0 aromatic heterocycles. The van der Waals surface area contributed by atoms with Crippen LogP contribution in [0.15, 0.2) is 95.5 Å². The Hall–Kier alpha value is -2.88. The van der Waals surface area contributed by atoms with Crippen molar-refractivity contribution >= 4 is 15.9 Å². The number of hydrogen-bond donors (Lipinski definition) is 1. The lowest BCUT2D eigenvalue weighted by Gasteiger charge is -2.34. The fraction of sp³-hybridized carbons (Fsp3) is 0.111. The standard InChI is InChI=1S/C27H21BrO2/c1-30-17-14-15-20-18-8-3-5-12-23(18)27(29)26(24(20)16-17)22-11-4-2-9-19(22)21-10-6-7-13-25(21)28/h2-16,26-27,29H,1H3. The second kappa shape index (κ2) is 7.75. The number of fused-ring (bicyclic) bond motifs is 3. The number of methoxy groups -OCH3 is 1. The molecule has 0 bridgehead atoms. The van der Waals surface area contributed by atoms with Gasteiger partial charge in [0, 0.05) is 10.4 Å². The summed E-state index contributed by atoms with van der Waals surface area (Å²) in [4.78, 5) is 0. The Kier molecular flexibility index (Phi) is 4.93. The van der Waals surface area contributed by atoms with Crippen LogP contribution in [0.3, 0.4) is 0 Å². The van der Waals surface area contributed by atoms with Gasteiger partial charge in [-0.1, -0.05) is 88.7 Å². The third kappa shape index (κ3) is 3.06. The van der Waals surface area contributed by atoms with Crippen LogP contribution in [0.5, 0.6) is 5.75 Å². The first kappa shape index (κ1) is 19.1. The second-order valence-electron chi connectivity index (χ2n) is 7.53. The Bertz CT molecular complexity index is 1230. The van der Waals surface area contributed by atoms with Gasteiger partial charge in [-0.2, -0.15) is 0 Å². The van der Waals surface area contributed by atoms with Crippen molar-refractivity contribution in [3.63, 3.8) is 0 Å². The molecule has 0 spiro atoms. The number of rotatable bonds is 3. The summed E-state index contributed by atoms with van der Waals surface area (Å²) in [6.45, 7) is 0. The van der Waals surface area contributed by atoms with Crippen LogP contribution < -0.4 is 4.74 Å². The Morgan fingerprint density at radius 2 is 1.23 bits per heavy atom. The first-order valence-electron chi connectivity index (χ1n) is 9.98. The Morgan fingerprint density at radius 1 is 0.667 bits per heavy atom. The van der Waals surface area contributed by atoms with E-state index in [-0.39, 0.29) is 5.92 Å². The van der Waals surface area contributed by atoms with Gasteiger partial charge in [-0.05, 0) is 57.1 Å². The molecule has 1 aliphatic rings. The molecule has 0 amide bonds. The molecule has 2 unspecified atom stereocenters. The minimum absolute atomic E-state index is 0.201. The van der Waals surface area contributed by atoms with E-state index in [4.69, 9.17) is 4.74 Å². The van der Waals surface area contributed by atoms with Crippen LogP contribution in [-0.4, -0.2) is 12.2 Å². The van der Waals surface area contributed by atoms with Crippen LogP contribution in [0.4, 0.5) is 0 Å². The van der Waals surface area contributed by atoms with E-state index in [0.29, 0.717) is 0 Å². The molecular weight excluding hydrogens is 436 g/mol. The molecule has 4 aromatic carbocycles. The molecule has 1 aliphatic carbocycles. The highest BCUT2D eigenvalue weighted by Gasteiger charge is 2.35. The molecular formula is C27H21BrO2. The van der Waals surface area contributed by atoms with E-state index in [2.05, 4.69) is 58.4 Å². The van der Waals surface area contributed by atoms with Crippen LogP contribution >= 0.6 is 15.9 Å². The van der Waals surface area contributed by atoms with Crippen LogP contribution in [-0.2, 0) is 0 Å². The van der Waals surface area contributed by atoms with Crippen molar-refractivity contribution in [3.05, 3.63) is 112 Å². The van der Waals surface area contributed by atoms with E-state index in [1.54, 1.807) is 7.11 Å². The summed E-state index contributed by atoms with van der Waals surface area (Å²) >= 11 is 3.70. The molecule has 2 nitrogen and oxygen atoms in total. The average Bonchev–Trinajstić information content (AvgIpc) is 2.80. The molecule has 0 aliphatic heterocycles. The zero-order valence-corrected chi connectivity index (χ0v) is 18.1. The van der Waals surface area contributed by atoms with Gasteiger partial charge >= 0.3 is 0 Å². The van der Waals surface area contributed by atoms with Gasteiger partial charge in [0.15, 0.2) is 0 Å². The normalized spacial score (nSPS) is 17.2. The van der Waals surface area contributed by atoms with E-state index in [9.17, 15) is 5.11 Å². The van der Waals surface area contributed by atoms with Crippen molar-refractivity contribution in [1.82, 2.24) is 0 Å². The van der Waals surface area contributed by atoms with Gasteiger partial charge in [0.1, 0.15) is 5.75 Å². The van der Waals surface area contributed by atoms with Crippen molar-refractivity contribution in [2.24, 2.45) is 0 Å². The summed E-state index contributed by atoms with van der Waals surface area (Å²) in [7, 11) is 1.68. The highest BCUT2D eigenvalue weighted by Crippen LogP contribution is 2.51. The van der Waals surface area contributed by atoms with Gasteiger partial charge in [-0.3, -0.25) is 0 Å². The molecule has 4 aromatic rings. The summed E-state index contributed by atoms with van der Waals surface area (Å²) in [6, 6.07) is 30.9. The number of ether oxygens (including phenoxy) is 1. The second-order valence-corrected chi connectivity index (χ2v) is 8.38. The molecule has 3 heteroatoms. The van der Waals surface area contributed by atoms with E-state index in [1.807, 2.05) is 48.5 Å². The Balaban J connectivity index is 1.78. The SMILES string of the molecule is COc1ccc2c(c1)C(c1ccccc1-c1ccccc1Br)C(O)c1ccccc1-2. The molecule has 5 rings (SSSR count). The Labute approximate surface area is 184 Å². The van der Waals surface area contributed by atoms with Crippen molar-refractivity contribution in [2.75, 3.05) is 7.11 Å².